The maximum Gasteiger partial charge on any atom is 0.0441 e. The van der Waals surface area contributed by atoms with Gasteiger partial charge in [-0.2, -0.15) is 0 Å². The molecule has 3 heteroatoms. The van der Waals surface area contributed by atoms with Gasteiger partial charge >= 0.3 is 0 Å². The Labute approximate surface area is 89.0 Å². The van der Waals surface area contributed by atoms with Crippen LogP contribution >= 0.6 is 23.2 Å². The van der Waals surface area contributed by atoms with Gasteiger partial charge in [0.1, 0.15) is 0 Å². The minimum Gasteiger partial charge on any atom is -0.383 e. The summed E-state index contributed by atoms with van der Waals surface area (Å²) in [4.78, 5) is 0. The first kappa shape index (κ1) is 10.7. The molecule has 0 spiro atoms. The van der Waals surface area contributed by atoms with E-state index in [4.69, 9.17) is 23.2 Å². The number of benzene rings is 1. The van der Waals surface area contributed by atoms with Crippen molar-refractivity contribution < 1.29 is 0 Å². The highest BCUT2D eigenvalue weighted by Gasteiger charge is 2.00. The monoisotopic (exact) mass is 217 g/mol. The molecule has 72 valence electrons. The third-order valence-electron chi connectivity index (χ3n) is 1.89. The molecule has 0 aliphatic carbocycles. The molecule has 0 radical (unpaired) electrons. The Hall–Kier alpha value is -0.400. The van der Waals surface area contributed by atoms with E-state index >= 15 is 0 Å². The van der Waals surface area contributed by atoms with Crippen LogP contribution in [0.25, 0.3) is 0 Å². The molecule has 1 aromatic rings. The molecule has 0 fully saturated rings. The molecule has 0 aromatic heterocycles. The van der Waals surface area contributed by atoms with Gasteiger partial charge < -0.3 is 5.32 Å². The van der Waals surface area contributed by atoms with Gasteiger partial charge in [-0.05, 0) is 31.5 Å². The Morgan fingerprint density at radius 1 is 1.23 bits per heavy atom. The van der Waals surface area contributed by atoms with Gasteiger partial charge in [-0.15, -0.1) is 0 Å². The Morgan fingerprint density at radius 2 is 1.77 bits per heavy atom. The molecule has 0 saturated heterocycles. The van der Waals surface area contributed by atoms with Gasteiger partial charge in [0.25, 0.3) is 0 Å². The molecule has 1 nitrogen and oxygen atoms in total. The van der Waals surface area contributed by atoms with Crippen molar-refractivity contribution in [2.45, 2.75) is 26.3 Å². The summed E-state index contributed by atoms with van der Waals surface area (Å²) in [6.07, 6.45) is 1.07. The second-order valence-corrected chi connectivity index (χ2v) is 3.98. The lowest BCUT2D eigenvalue weighted by atomic mass is 10.2. The van der Waals surface area contributed by atoms with Crippen LogP contribution in [0, 0.1) is 0 Å². The number of hydrogen-bond donors (Lipinski definition) is 1. The van der Waals surface area contributed by atoms with E-state index in [1.165, 1.54) is 0 Å². The first-order valence-corrected chi connectivity index (χ1v) is 5.10. The van der Waals surface area contributed by atoms with Gasteiger partial charge in [0.2, 0.25) is 0 Å². The van der Waals surface area contributed by atoms with Crippen LogP contribution in [0.3, 0.4) is 0 Å². The van der Waals surface area contributed by atoms with Crippen molar-refractivity contribution >= 4 is 28.9 Å². The fourth-order valence-corrected chi connectivity index (χ4v) is 1.55. The number of halogens is 2. The van der Waals surface area contributed by atoms with Crippen LogP contribution in [-0.4, -0.2) is 6.04 Å². The first-order valence-electron chi connectivity index (χ1n) is 4.34. The van der Waals surface area contributed by atoms with Gasteiger partial charge in [-0.3, -0.25) is 0 Å². The predicted octanol–water partition coefficient (Wildman–Crippen LogP) is 4.20. The SMILES string of the molecule is CCC(C)Nc1cc(Cl)cc(Cl)c1. The lowest BCUT2D eigenvalue weighted by molar-refractivity contribution is 0.764. The molecule has 0 aliphatic rings. The second kappa shape index (κ2) is 4.73. The summed E-state index contributed by atoms with van der Waals surface area (Å²) >= 11 is 11.7. The zero-order valence-corrected chi connectivity index (χ0v) is 9.28. The summed E-state index contributed by atoms with van der Waals surface area (Å²) in [6.45, 7) is 4.25. The maximum atomic E-state index is 5.85. The Bertz CT molecular complexity index is 266. The highest BCUT2D eigenvalue weighted by atomic mass is 35.5. The van der Waals surface area contributed by atoms with Crippen molar-refractivity contribution in [1.29, 1.82) is 0 Å². The van der Waals surface area contributed by atoms with Crippen LogP contribution < -0.4 is 5.32 Å². The minimum absolute atomic E-state index is 0.439. The third-order valence-corrected chi connectivity index (χ3v) is 2.32. The number of hydrogen-bond acceptors (Lipinski definition) is 1. The Morgan fingerprint density at radius 3 is 2.23 bits per heavy atom. The largest absolute Gasteiger partial charge is 0.383 e. The van der Waals surface area contributed by atoms with E-state index in [0.717, 1.165) is 12.1 Å². The van der Waals surface area contributed by atoms with Crippen LogP contribution in [0.4, 0.5) is 5.69 Å². The van der Waals surface area contributed by atoms with Crippen LogP contribution in [0.2, 0.25) is 10.0 Å². The number of rotatable bonds is 3. The van der Waals surface area contributed by atoms with Gasteiger partial charge in [-0.1, -0.05) is 30.1 Å². The maximum absolute atomic E-state index is 5.85. The minimum atomic E-state index is 0.439. The van der Waals surface area contributed by atoms with E-state index in [1.807, 2.05) is 12.1 Å². The summed E-state index contributed by atoms with van der Waals surface area (Å²) in [5, 5.41) is 4.63. The van der Waals surface area contributed by atoms with E-state index in [1.54, 1.807) is 6.07 Å². The lowest BCUT2D eigenvalue weighted by Crippen LogP contribution is -2.13. The van der Waals surface area contributed by atoms with E-state index in [2.05, 4.69) is 19.2 Å². The fraction of sp³-hybridized carbons (Fsp3) is 0.400. The van der Waals surface area contributed by atoms with Crippen molar-refractivity contribution in [3.8, 4) is 0 Å². The average Bonchev–Trinajstić information content (AvgIpc) is 2.02. The van der Waals surface area contributed by atoms with E-state index < -0.39 is 0 Å². The van der Waals surface area contributed by atoms with Crippen LogP contribution in [0.15, 0.2) is 18.2 Å². The van der Waals surface area contributed by atoms with Crippen molar-refractivity contribution in [3.05, 3.63) is 28.2 Å². The van der Waals surface area contributed by atoms with Gasteiger partial charge in [0, 0.05) is 21.8 Å². The normalized spacial score (nSPS) is 12.6. The quantitative estimate of drug-likeness (QED) is 0.801. The molecule has 13 heavy (non-hydrogen) atoms. The summed E-state index contributed by atoms with van der Waals surface area (Å²) in [6, 6.07) is 5.92. The number of nitrogens with one attached hydrogen (secondary N) is 1. The molecular weight excluding hydrogens is 205 g/mol. The zero-order valence-electron chi connectivity index (χ0n) is 7.77. The molecule has 1 rings (SSSR count). The third kappa shape index (κ3) is 3.45. The Balaban J connectivity index is 2.77. The molecule has 0 amide bonds. The highest BCUT2D eigenvalue weighted by Crippen LogP contribution is 2.23. The topological polar surface area (TPSA) is 12.0 Å². The second-order valence-electron chi connectivity index (χ2n) is 3.11. The van der Waals surface area contributed by atoms with Gasteiger partial charge in [0.05, 0.1) is 0 Å². The van der Waals surface area contributed by atoms with E-state index in [0.29, 0.717) is 16.1 Å². The molecule has 0 saturated carbocycles. The van der Waals surface area contributed by atoms with Crippen LogP contribution in [-0.2, 0) is 0 Å². The molecule has 0 bridgehead atoms. The molecule has 1 atom stereocenters. The summed E-state index contributed by atoms with van der Waals surface area (Å²) in [5.74, 6) is 0. The zero-order chi connectivity index (χ0) is 9.84. The van der Waals surface area contributed by atoms with E-state index in [-0.39, 0.29) is 0 Å². The first-order chi connectivity index (χ1) is 6.11. The van der Waals surface area contributed by atoms with Crippen molar-refractivity contribution in [1.82, 2.24) is 0 Å². The summed E-state index contributed by atoms with van der Waals surface area (Å²) in [5.41, 5.74) is 0.979. The van der Waals surface area contributed by atoms with E-state index in [9.17, 15) is 0 Å². The lowest BCUT2D eigenvalue weighted by Gasteiger charge is -2.13. The van der Waals surface area contributed by atoms with Crippen LogP contribution in [0.1, 0.15) is 20.3 Å². The van der Waals surface area contributed by atoms with Crippen molar-refractivity contribution in [3.63, 3.8) is 0 Å². The van der Waals surface area contributed by atoms with Crippen molar-refractivity contribution in [2.75, 3.05) is 5.32 Å². The smallest absolute Gasteiger partial charge is 0.0441 e. The summed E-state index contributed by atoms with van der Waals surface area (Å²) in [7, 11) is 0. The predicted molar refractivity (Wildman–Crippen MR) is 59.8 cm³/mol. The van der Waals surface area contributed by atoms with Crippen molar-refractivity contribution in [2.24, 2.45) is 0 Å². The standard InChI is InChI=1S/C10H13Cl2N/c1-3-7(2)13-10-5-8(11)4-9(12)6-10/h4-7,13H,3H2,1-2H3. The molecule has 0 heterocycles. The Kier molecular flexibility index (Phi) is 3.89. The molecule has 1 unspecified atom stereocenters. The average molecular weight is 218 g/mol. The summed E-state index contributed by atoms with van der Waals surface area (Å²) < 4.78 is 0. The number of anilines is 1. The van der Waals surface area contributed by atoms with Gasteiger partial charge in [-0.25, -0.2) is 0 Å². The highest BCUT2D eigenvalue weighted by molar-refractivity contribution is 6.35. The van der Waals surface area contributed by atoms with Crippen LogP contribution in [0.5, 0.6) is 0 Å². The molecule has 0 aliphatic heterocycles. The molecule has 1 N–H and O–H groups in total. The fourth-order valence-electron chi connectivity index (χ4n) is 1.02. The van der Waals surface area contributed by atoms with Gasteiger partial charge in [0.15, 0.2) is 0 Å². The molecule has 1 aromatic carbocycles. The molecular formula is C10H13Cl2N.